The molecule has 0 bridgehead atoms. The number of hydrogen-bond acceptors (Lipinski definition) is 8. The van der Waals surface area contributed by atoms with Crippen molar-refractivity contribution in [3.63, 3.8) is 0 Å². The molecule has 0 radical (unpaired) electrons. The Kier molecular flexibility index (Phi) is 3.13. The summed E-state index contributed by atoms with van der Waals surface area (Å²) in [6.07, 6.45) is 0. The van der Waals surface area contributed by atoms with Crippen molar-refractivity contribution in [2.24, 2.45) is 5.84 Å². The van der Waals surface area contributed by atoms with Crippen LogP contribution in [-0.2, 0) is 0 Å². The molecule has 0 saturated carbocycles. The van der Waals surface area contributed by atoms with Crippen LogP contribution in [0.2, 0.25) is 0 Å². The highest BCUT2D eigenvalue weighted by Crippen LogP contribution is 2.34. The third-order valence-corrected chi connectivity index (χ3v) is 4.27. The van der Waals surface area contributed by atoms with Crippen LogP contribution in [0.25, 0.3) is 10.2 Å². The van der Waals surface area contributed by atoms with Gasteiger partial charge in [0.1, 0.15) is 15.6 Å². The SMILES string of the molecule is Cc1nc(Sc2nc(NN)nc3sccc23)oc1C. The van der Waals surface area contributed by atoms with E-state index in [2.05, 4.69) is 20.4 Å². The van der Waals surface area contributed by atoms with Gasteiger partial charge < -0.3 is 4.42 Å². The van der Waals surface area contributed by atoms with Crippen molar-refractivity contribution in [1.82, 2.24) is 15.0 Å². The molecule has 98 valence electrons. The van der Waals surface area contributed by atoms with Crippen LogP contribution in [0, 0.1) is 13.8 Å². The molecule has 0 aliphatic rings. The summed E-state index contributed by atoms with van der Waals surface area (Å²) in [5, 5.41) is 4.29. The average Bonchev–Trinajstić information content (AvgIpc) is 2.97. The van der Waals surface area contributed by atoms with Gasteiger partial charge in [-0.05, 0) is 37.1 Å². The molecule has 0 aliphatic carbocycles. The molecule has 3 N–H and O–H groups in total. The molecular weight excluding hydrogens is 282 g/mol. The molecular formula is C11H11N5OS2. The third kappa shape index (κ3) is 2.29. The van der Waals surface area contributed by atoms with E-state index in [0.29, 0.717) is 11.2 Å². The Morgan fingerprint density at radius 1 is 1.32 bits per heavy atom. The van der Waals surface area contributed by atoms with Crippen molar-refractivity contribution < 1.29 is 4.42 Å². The van der Waals surface area contributed by atoms with Gasteiger partial charge in [-0.2, -0.15) is 0 Å². The van der Waals surface area contributed by atoms with Crippen LogP contribution in [0.3, 0.4) is 0 Å². The van der Waals surface area contributed by atoms with Gasteiger partial charge in [0.15, 0.2) is 0 Å². The molecule has 0 fully saturated rings. The minimum atomic E-state index is 0.387. The Hall–Kier alpha value is -1.64. The van der Waals surface area contributed by atoms with Gasteiger partial charge in [-0.1, -0.05) is 0 Å². The maximum Gasteiger partial charge on any atom is 0.262 e. The zero-order valence-electron chi connectivity index (χ0n) is 10.3. The van der Waals surface area contributed by atoms with E-state index in [4.69, 9.17) is 10.3 Å². The van der Waals surface area contributed by atoms with Crippen LogP contribution >= 0.6 is 23.1 Å². The van der Waals surface area contributed by atoms with Gasteiger partial charge in [0, 0.05) is 5.39 Å². The molecule has 3 rings (SSSR count). The van der Waals surface area contributed by atoms with Gasteiger partial charge in [0.25, 0.3) is 5.22 Å². The monoisotopic (exact) mass is 293 g/mol. The number of hydrazine groups is 1. The molecule has 19 heavy (non-hydrogen) atoms. The fourth-order valence-corrected chi connectivity index (χ4v) is 3.29. The van der Waals surface area contributed by atoms with Crippen molar-refractivity contribution in [3.8, 4) is 0 Å². The van der Waals surface area contributed by atoms with E-state index in [1.54, 1.807) is 0 Å². The second kappa shape index (κ2) is 4.80. The van der Waals surface area contributed by atoms with Crippen LogP contribution < -0.4 is 11.3 Å². The Morgan fingerprint density at radius 2 is 2.16 bits per heavy atom. The first-order valence-electron chi connectivity index (χ1n) is 5.51. The molecule has 0 aromatic carbocycles. The fourth-order valence-electron chi connectivity index (χ4n) is 1.54. The first-order valence-corrected chi connectivity index (χ1v) is 7.20. The smallest absolute Gasteiger partial charge is 0.262 e. The lowest BCUT2D eigenvalue weighted by Crippen LogP contribution is -2.10. The minimum Gasteiger partial charge on any atom is -0.436 e. The van der Waals surface area contributed by atoms with Gasteiger partial charge in [-0.3, -0.25) is 5.43 Å². The van der Waals surface area contributed by atoms with E-state index in [-0.39, 0.29) is 0 Å². The Morgan fingerprint density at radius 3 is 2.84 bits per heavy atom. The molecule has 6 nitrogen and oxygen atoms in total. The van der Waals surface area contributed by atoms with E-state index in [1.165, 1.54) is 23.1 Å². The first-order chi connectivity index (χ1) is 9.17. The number of nitrogen functional groups attached to an aromatic ring is 1. The largest absolute Gasteiger partial charge is 0.436 e. The van der Waals surface area contributed by atoms with Crippen LogP contribution in [-0.4, -0.2) is 15.0 Å². The van der Waals surface area contributed by atoms with Crippen molar-refractivity contribution in [3.05, 3.63) is 22.9 Å². The second-order valence-corrected chi connectivity index (χ2v) is 5.69. The molecule has 0 spiro atoms. The molecule has 0 atom stereocenters. The van der Waals surface area contributed by atoms with Crippen molar-refractivity contribution in [2.45, 2.75) is 24.1 Å². The number of oxazole rings is 1. The van der Waals surface area contributed by atoms with Gasteiger partial charge in [-0.25, -0.2) is 20.8 Å². The first kappa shape index (κ1) is 12.4. The number of anilines is 1. The van der Waals surface area contributed by atoms with Crippen molar-refractivity contribution in [2.75, 3.05) is 5.43 Å². The average molecular weight is 293 g/mol. The minimum absolute atomic E-state index is 0.387. The fraction of sp³-hybridized carbons (Fsp3) is 0.182. The number of nitrogens with two attached hydrogens (primary N) is 1. The van der Waals surface area contributed by atoms with Gasteiger partial charge >= 0.3 is 0 Å². The number of hydrogen-bond donors (Lipinski definition) is 2. The van der Waals surface area contributed by atoms with Crippen LogP contribution in [0.1, 0.15) is 11.5 Å². The highest BCUT2D eigenvalue weighted by atomic mass is 32.2. The molecule has 0 saturated heterocycles. The van der Waals surface area contributed by atoms with E-state index in [1.807, 2.05) is 25.3 Å². The van der Waals surface area contributed by atoms with E-state index in [9.17, 15) is 0 Å². The number of aromatic nitrogens is 3. The highest BCUT2D eigenvalue weighted by Gasteiger charge is 2.14. The zero-order valence-corrected chi connectivity index (χ0v) is 11.9. The molecule has 0 unspecified atom stereocenters. The van der Waals surface area contributed by atoms with E-state index >= 15 is 0 Å². The third-order valence-electron chi connectivity index (χ3n) is 2.61. The van der Waals surface area contributed by atoms with Crippen LogP contribution in [0.5, 0.6) is 0 Å². The maximum absolute atomic E-state index is 5.56. The molecule has 0 amide bonds. The summed E-state index contributed by atoms with van der Waals surface area (Å²) in [5.74, 6) is 6.58. The zero-order chi connectivity index (χ0) is 13.4. The number of aryl methyl sites for hydroxylation is 2. The Labute approximate surface area is 117 Å². The Bertz CT molecular complexity index is 716. The summed E-state index contributed by atoms with van der Waals surface area (Å²) in [4.78, 5) is 13.9. The molecule has 3 aromatic heterocycles. The summed E-state index contributed by atoms with van der Waals surface area (Å²) < 4.78 is 5.56. The van der Waals surface area contributed by atoms with Crippen molar-refractivity contribution in [1.29, 1.82) is 0 Å². The summed E-state index contributed by atoms with van der Waals surface area (Å²) >= 11 is 2.91. The number of nitrogens with zero attached hydrogens (tertiary/aromatic N) is 3. The molecule has 0 aliphatic heterocycles. The maximum atomic E-state index is 5.56. The van der Waals surface area contributed by atoms with Crippen LogP contribution in [0.15, 0.2) is 26.1 Å². The summed E-state index contributed by atoms with van der Waals surface area (Å²) in [6.45, 7) is 3.80. The normalized spacial score (nSPS) is 11.1. The predicted molar refractivity (Wildman–Crippen MR) is 75.3 cm³/mol. The summed E-state index contributed by atoms with van der Waals surface area (Å²) in [5.41, 5.74) is 3.36. The summed E-state index contributed by atoms with van der Waals surface area (Å²) in [6, 6.07) is 1.98. The van der Waals surface area contributed by atoms with Gasteiger partial charge in [-0.15, -0.1) is 11.3 Å². The lowest BCUT2D eigenvalue weighted by atomic mass is 10.4. The van der Waals surface area contributed by atoms with Gasteiger partial charge in [0.05, 0.1) is 5.69 Å². The standard InChI is InChI=1S/C11H11N5OS2/c1-5-6(2)17-11(13-5)19-9-7-3-4-18-8(7)14-10(15-9)16-12/h3-4H,12H2,1-2H3,(H,14,15,16). The molecule has 8 heteroatoms. The highest BCUT2D eigenvalue weighted by molar-refractivity contribution is 7.99. The topological polar surface area (TPSA) is 89.9 Å². The molecule has 3 heterocycles. The lowest BCUT2D eigenvalue weighted by molar-refractivity contribution is 0.431. The quantitative estimate of drug-likeness (QED) is 0.436. The summed E-state index contributed by atoms with van der Waals surface area (Å²) in [7, 11) is 0. The van der Waals surface area contributed by atoms with Gasteiger partial charge in [0.2, 0.25) is 5.95 Å². The second-order valence-electron chi connectivity index (χ2n) is 3.86. The lowest BCUT2D eigenvalue weighted by Gasteiger charge is -2.02. The number of fused-ring (bicyclic) bond motifs is 1. The van der Waals surface area contributed by atoms with E-state index in [0.717, 1.165) is 26.7 Å². The number of thiophene rings is 1. The molecule has 3 aromatic rings. The number of rotatable bonds is 3. The number of nitrogens with one attached hydrogen (secondary N) is 1. The van der Waals surface area contributed by atoms with Crippen molar-refractivity contribution >= 4 is 39.3 Å². The van der Waals surface area contributed by atoms with E-state index < -0.39 is 0 Å². The van der Waals surface area contributed by atoms with Crippen LogP contribution in [0.4, 0.5) is 5.95 Å². The predicted octanol–water partition coefficient (Wildman–Crippen LogP) is 2.73. The Balaban J connectivity index is 2.05.